The third kappa shape index (κ3) is 2.98. The molecule has 1 aromatic heterocycles. The average Bonchev–Trinajstić information content (AvgIpc) is 2.84. The van der Waals surface area contributed by atoms with Crippen molar-refractivity contribution >= 4 is 33.3 Å². The van der Waals surface area contributed by atoms with Gasteiger partial charge in [0.15, 0.2) is 0 Å². The van der Waals surface area contributed by atoms with Gasteiger partial charge in [-0.15, -0.1) is 0 Å². The molecule has 0 saturated carbocycles. The lowest BCUT2D eigenvalue weighted by Gasteiger charge is -1.97. The largest absolute Gasteiger partial charge is 0.361 e. The monoisotopic (exact) mass is 295 g/mol. The first-order valence-corrected chi connectivity index (χ1v) is 8.00. The van der Waals surface area contributed by atoms with E-state index in [1.54, 1.807) is 0 Å². The van der Waals surface area contributed by atoms with Crippen LogP contribution >= 0.6 is 11.3 Å². The molecule has 0 unspecified atom stereocenters. The van der Waals surface area contributed by atoms with Gasteiger partial charge in [0.1, 0.15) is 11.2 Å². The quantitative estimate of drug-likeness (QED) is 0.696. The average molecular weight is 295 g/mol. The fourth-order valence-electron chi connectivity index (χ4n) is 2.41. The van der Waals surface area contributed by atoms with E-state index >= 15 is 0 Å². The fourth-order valence-corrected chi connectivity index (χ4v) is 3.63. The molecule has 2 nitrogen and oxygen atoms in total. The van der Waals surface area contributed by atoms with Gasteiger partial charge in [-0.05, 0) is 37.6 Å². The number of hydrogen-bond acceptors (Lipinski definition) is 2. The minimum absolute atomic E-state index is 0.980. The minimum Gasteiger partial charge on any atom is -0.361 e. The molecule has 0 aliphatic heterocycles. The van der Waals surface area contributed by atoms with E-state index in [1.807, 2.05) is 35.7 Å². The molecule has 0 fully saturated rings. The van der Waals surface area contributed by atoms with Gasteiger partial charge in [-0.2, -0.15) is 4.57 Å². The zero-order valence-electron chi connectivity index (χ0n) is 12.3. The molecule has 0 atom stereocenters. The van der Waals surface area contributed by atoms with Crippen molar-refractivity contribution in [2.45, 2.75) is 20.4 Å². The van der Waals surface area contributed by atoms with Crippen LogP contribution in [0, 0.1) is 6.92 Å². The molecule has 3 heteroatoms. The van der Waals surface area contributed by atoms with Crippen LogP contribution in [0.4, 0.5) is 5.69 Å². The number of aryl methyl sites for hydroxylation is 2. The van der Waals surface area contributed by atoms with Crippen molar-refractivity contribution in [3.05, 3.63) is 65.3 Å². The Morgan fingerprint density at radius 1 is 1.14 bits per heavy atom. The lowest BCUT2D eigenvalue weighted by Crippen LogP contribution is -2.33. The summed E-state index contributed by atoms with van der Waals surface area (Å²) >= 11 is 1.83. The van der Waals surface area contributed by atoms with Crippen molar-refractivity contribution in [2.24, 2.45) is 0 Å². The number of hydrogen-bond donors (Lipinski definition) is 1. The lowest BCUT2D eigenvalue weighted by atomic mass is 10.2. The highest BCUT2D eigenvalue weighted by atomic mass is 32.1. The van der Waals surface area contributed by atoms with Crippen LogP contribution in [0.1, 0.15) is 17.5 Å². The fraction of sp³-hybridized carbons (Fsp3) is 0.167. The highest BCUT2D eigenvalue weighted by molar-refractivity contribution is 7.18. The normalized spacial score (nSPS) is 11.3. The summed E-state index contributed by atoms with van der Waals surface area (Å²) in [4.78, 5) is 0. The van der Waals surface area contributed by atoms with Gasteiger partial charge >= 0.3 is 0 Å². The van der Waals surface area contributed by atoms with Crippen molar-refractivity contribution in [3.63, 3.8) is 0 Å². The predicted molar refractivity (Wildman–Crippen MR) is 91.5 cm³/mol. The number of aromatic nitrogens is 1. The molecule has 3 aromatic rings. The second-order valence-electron chi connectivity index (χ2n) is 5.00. The van der Waals surface area contributed by atoms with Gasteiger partial charge in [0, 0.05) is 24.0 Å². The van der Waals surface area contributed by atoms with E-state index in [1.165, 1.54) is 20.8 Å². The van der Waals surface area contributed by atoms with Gasteiger partial charge in [-0.1, -0.05) is 35.6 Å². The predicted octanol–water partition coefficient (Wildman–Crippen LogP) is 4.60. The van der Waals surface area contributed by atoms with Crippen LogP contribution in [0.2, 0.25) is 0 Å². The number of benzene rings is 2. The Morgan fingerprint density at radius 3 is 2.71 bits per heavy atom. The van der Waals surface area contributed by atoms with E-state index in [9.17, 15) is 0 Å². The first kappa shape index (κ1) is 13.8. The van der Waals surface area contributed by atoms with E-state index in [0.717, 1.165) is 12.2 Å². The summed E-state index contributed by atoms with van der Waals surface area (Å²) < 4.78 is 3.69. The Hall–Kier alpha value is -2.13. The summed E-state index contributed by atoms with van der Waals surface area (Å²) in [6.45, 7) is 5.31. The Morgan fingerprint density at radius 2 is 1.95 bits per heavy atom. The molecule has 0 spiro atoms. The summed E-state index contributed by atoms with van der Waals surface area (Å²) in [5, 5.41) is 4.58. The lowest BCUT2D eigenvalue weighted by molar-refractivity contribution is -0.665. The van der Waals surface area contributed by atoms with E-state index < -0.39 is 0 Å². The van der Waals surface area contributed by atoms with Gasteiger partial charge in [-0.3, -0.25) is 0 Å². The Labute approximate surface area is 129 Å². The molecule has 1 heterocycles. The Kier molecular flexibility index (Phi) is 4.02. The highest BCUT2D eigenvalue weighted by Crippen LogP contribution is 2.22. The van der Waals surface area contributed by atoms with Crippen LogP contribution < -0.4 is 9.88 Å². The summed E-state index contributed by atoms with van der Waals surface area (Å²) in [6, 6.07) is 16.9. The second-order valence-corrected chi connectivity index (χ2v) is 6.06. The SMILES string of the molecule is CC[n+]1c(C=CNc2ccccc2)sc2cc(C)ccc21. The Bertz CT molecular complexity index is 773. The number of para-hydroxylation sites is 1. The zero-order chi connectivity index (χ0) is 14.7. The molecule has 1 N–H and O–H groups in total. The van der Waals surface area contributed by atoms with E-state index in [-0.39, 0.29) is 0 Å². The molecule has 0 aliphatic rings. The molecular formula is C18H19N2S+. The molecule has 2 aromatic carbocycles. The first-order chi connectivity index (χ1) is 10.3. The highest BCUT2D eigenvalue weighted by Gasteiger charge is 2.16. The van der Waals surface area contributed by atoms with Crippen LogP contribution in [0.25, 0.3) is 16.3 Å². The van der Waals surface area contributed by atoms with Crippen LogP contribution in [0.15, 0.2) is 54.7 Å². The molecular weight excluding hydrogens is 276 g/mol. The molecule has 21 heavy (non-hydrogen) atoms. The molecule has 0 bridgehead atoms. The van der Waals surface area contributed by atoms with E-state index in [2.05, 4.69) is 60.1 Å². The van der Waals surface area contributed by atoms with Gasteiger partial charge in [-0.25, -0.2) is 0 Å². The molecule has 0 radical (unpaired) electrons. The molecule has 0 saturated heterocycles. The summed E-state index contributed by atoms with van der Waals surface area (Å²) in [6.07, 6.45) is 4.16. The van der Waals surface area contributed by atoms with Crippen molar-refractivity contribution in [1.29, 1.82) is 0 Å². The second kappa shape index (κ2) is 6.10. The molecule has 3 rings (SSSR count). The number of nitrogens with zero attached hydrogens (tertiary/aromatic N) is 1. The zero-order valence-corrected chi connectivity index (χ0v) is 13.2. The Balaban J connectivity index is 1.89. The minimum atomic E-state index is 0.980. The molecule has 106 valence electrons. The number of rotatable bonds is 4. The summed E-state index contributed by atoms with van der Waals surface area (Å²) in [7, 11) is 0. The molecule has 0 aliphatic carbocycles. The maximum Gasteiger partial charge on any atom is 0.264 e. The maximum atomic E-state index is 3.31. The van der Waals surface area contributed by atoms with Crippen LogP contribution in [-0.4, -0.2) is 0 Å². The third-order valence-corrected chi connectivity index (χ3v) is 4.57. The third-order valence-electron chi connectivity index (χ3n) is 3.45. The number of anilines is 1. The molecule has 0 amide bonds. The standard InChI is InChI=1S/C18H18N2S/c1-3-20-16-10-9-14(2)13-17(16)21-18(20)11-12-19-15-7-5-4-6-8-15/h4-13H,3H2,1-2H3/p+1. The summed E-state index contributed by atoms with van der Waals surface area (Å²) in [5.74, 6) is 0. The number of thiazole rings is 1. The first-order valence-electron chi connectivity index (χ1n) is 7.19. The van der Waals surface area contributed by atoms with E-state index in [4.69, 9.17) is 0 Å². The van der Waals surface area contributed by atoms with Gasteiger partial charge in [0.2, 0.25) is 5.52 Å². The van der Waals surface area contributed by atoms with Crippen LogP contribution in [0.5, 0.6) is 0 Å². The summed E-state index contributed by atoms with van der Waals surface area (Å²) in [5.41, 5.74) is 3.73. The van der Waals surface area contributed by atoms with E-state index in [0.29, 0.717) is 0 Å². The smallest absolute Gasteiger partial charge is 0.264 e. The van der Waals surface area contributed by atoms with Gasteiger partial charge in [0.05, 0.1) is 0 Å². The van der Waals surface area contributed by atoms with Gasteiger partial charge < -0.3 is 5.32 Å². The van der Waals surface area contributed by atoms with Crippen molar-refractivity contribution < 1.29 is 4.57 Å². The van der Waals surface area contributed by atoms with Crippen molar-refractivity contribution in [2.75, 3.05) is 5.32 Å². The van der Waals surface area contributed by atoms with Crippen molar-refractivity contribution in [3.8, 4) is 0 Å². The van der Waals surface area contributed by atoms with Crippen LogP contribution in [0.3, 0.4) is 0 Å². The maximum absolute atomic E-state index is 3.31. The topological polar surface area (TPSA) is 15.9 Å². The van der Waals surface area contributed by atoms with Gasteiger partial charge in [0.25, 0.3) is 5.01 Å². The van der Waals surface area contributed by atoms with Crippen molar-refractivity contribution in [1.82, 2.24) is 0 Å². The number of nitrogens with one attached hydrogen (secondary N) is 1. The number of fused-ring (bicyclic) bond motifs is 1. The van der Waals surface area contributed by atoms with Crippen LogP contribution in [-0.2, 0) is 6.54 Å².